The number of sulfone groups is 1. The number of hydrogen-bond donors (Lipinski definition) is 2. The van der Waals surface area contributed by atoms with Crippen LogP contribution in [0, 0.1) is 5.82 Å². The predicted molar refractivity (Wildman–Crippen MR) is 65.5 cm³/mol. The summed E-state index contributed by atoms with van der Waals surface area (Å²) in [5.41, 5.74) is 0. The summed E-state index contributed by atoms with van der Waals surface area (Å²) in [7, 11) is -3.64. The van der Waals surface area contributed by atoms with Gasteiger partial charge in [0.25, 0.3) is 0 Å². The fraction of sp³-hybridized carbons (Fsp3) is 0.500. The molecule has 0 saturated heterocycles. The number of benzene rings is 1. The van der Waals surface area contributed by atoms with E-state index in [0.29, 0.717) is 6.04 Å². The van der Waals surface area contributed by atoms with Gasteiger partial charge >= 0.3 is 0 Å². The average Bonchev–Trinajstić information content (AvgIpc) is 3.09. The molecule has 1 saturated carbocycles. The summed E-state index contributed by atoms with van der Waals surface area (Å²) in [6, 6.07) is 5.24. The van der Waals surface area contributed by atoms with Crippen LogP contribution in [0.3, 0.4) is 0 Å². The fourth-order valence-corrected chi connectivity index (χ4v) is 3.05. The lowest BCUT2D eigenvalue weighted by Gasteiger charge is -2.12. The molecule has 4 nitrogen and oxygen atoms in total. The van der Waals surface area contributed by atoms with Gasteiger partial charge in [0, 0.05) is 12.6 Å². The molecule has 2 rings (SSSR count). The van der Waals surface area contributed by atoms with Gasteiger partial charge in [0.1, 0.15) is 5.82 Å². The number of aliphatic hydroxyl groups is 1. The van der Waals surface area contributed by atoms with Gasteiger partial charge in [-0.1, -0.05) is 6.07 Å². The number of nitrogens with one attached hydrogen (secondary N) is 1. The first-order valence-electron chi connectivity index (χ1n) is 5.87. The highest BCUT2D eigenvalue weighted by molar-refractivity contribution is 7.91. The maximum absolute atomic E-state index is 13.0. The molecule has 1 aliphatic rings. The molecule has 6 heteroatoms. The van der Waals surface area contributed by atoms with Crippen molar-refractivity contribution in [3.63, 3.8) is 0 Å². The van der Waals surface area contributed by atoms with E-state index in [4.69, 9.17) is 0 Å². The van der Waals surface area contributed by atoms with Gasteiger partial charge < -0.3 is 10.4 Å². The Balaban J connectivity index is 1.97. The molecule has 2 N–H and O–H groups in total. The van der Waals surface area contributed by atoms with Crippen LogP contribution in [-0.2, 0) is 9.84 Å². The summed E-state index contributed by atoms with van der Waals surface area (Å²) in [5.74, 6) is -0.988. The first-order chi connectivity index (χ1) is 8.47. The molecule has 0 radical (unpaired) electrons. The van der Waals surface area contributed by atoms with Crippen LogP contribution in [0.25, 0.3) is 0 Å². The molecule has 0 bridgehead atoms. The van der Waals surface area contributed by atoms with Gasteiger partial charge in [-0.2, -0.15) is 0 Å². The second-order valence-corrected chi connectivity index (χ2v) is 6.61. The zero-order valence-corrected chi connectivity index (χ0v) is 10.7. The lowest BCUT2D eigenvalue weighted by molar-refractivity contribution is 0.193. The van der Waals surface area contributed by atoms with Crippen molar-refractivity contribution < 1.29 is 17.9 Å². The smallest absolute Gasteiger partial charge is 0.181 e. The van der Waals surface area contributed by atoms with Gasteiger partial charge in [0.2, 0.25) is 0 Å². The van der Waals surface area contributed by atoms with E-state index in [2.05, 4.69) is 5.32 Å². The topological polar surface area (TPSA) is 66.4 Å². The molecule has 18 heavy (non-hydrogen) atoms. The molecular weight excluding hydrogens is 257 g/mol. The zero-order valence-electron chi connectivity index (χ0n) is 9.84. The maximum Gasteiger partial charge on any atom is 0.181 e. The second-order valence-electron chi connectivity index (χ2n) is 4.58. The minimum atomic E-state index is -3.64. The Hall–Kier alpha value is -0.980. The number of rotatable bonds is 6. The van der Waals surface area contributed by atoms with E-state index in [9.17, 15) is 17.9 Å². The van der Waals surface area contributed by atoms with E-state index in [1.165, 1.54) is 18.2 Å². The molecule has 1 aromatic rings. The Morgan fingerprint density at radius 1 is 1.44 bits per heavy atom. The minimum absolute atomic E-state index is 0.0898. The standard InChI is InChI=1S/C12H16FNO3S/c13-9-2-1-3-12(6-9)18(16,17)8-11(15)7-14-10-4-5-10/h1-3,6,10-11,14-15H,4-5,7-8H2. The molecule has 0 amide bonds. The van der Waals surface area contributed by atoms with Crippen molar-refractivity contribution in [1.82, 2.24) is 5.32 Å². The molecule has 0 aromatic heterocycles. The summed E-state index contributed by atoms with van der Waals surface area (Å²) < 4.78 is 36.8. The number of halogens is 1. The molecular formula is C12H16FNO3S. The summed E-state index contributed by atoms with van der Waals surface area (Å²) in [6.45, 7) is 0.249. The second kappa shape index (κ2) is 5.34. The summed E-state index contributed by atoms with van der Waals surface area (Å²) in [6.07, 6.45) is 1.17. The van der Waals surface area contributed by atoms with Crippen molar-refractivity contribution in [2.75, 3.05) is 12.3 Å². The molecule has 1 atom stereocenters. The van der Waals surface area contributed by atoms with Crippen LogP contribution in [0.4, 0.5) is 4.39 Å². The first-order valence-corrected chi connectivity index (χ1v) is 7.52. The third-order valence-corrected chi connectivity index (χ3v) is 4.58. The molecule has 100 valence electrons. The lowest BCUT2D eigenvalue weighted by Crippen LogP contribution is -2.33. The minimum Gasteiger partial charge on any atom is -0.391 e. The zero-order chi connectivity index (χ0) is 13.2. The van der Waals surface area contributed by atoms with Gasteiger partial charge in [-0.05, 0) is 31.0 Å². The van der Waals surface area contributed by atoms with Crippen LogP contribution in [0.1, 0.15) is 12.8 Å². The average molecular weight is 273 g/mol. The molecule has 1 aliphatic carbocycles. The van der Waals surface area contributed by atoms with E-state index in [1.807, 2.05) is 0 Å². The van der Waals surface area contributed by atoms with Crippen LogP contribution in [0.5, 0.6) is 0 Å². The van der Waals surface area contributed by atoms with E-state index in [-0.39, 0.29) is 11.4 Å². The SMILES string of the molecule is O=S(=O)(CC(O)CNC1CC1)c1cccc(F)c1. The fourth-order valence-electron chi connectivity index (χ4n) is 1.66. The normalized spacial score (nSPS) is 17.7. The maximum atomic E-state index is 13.0. The van der Waals surface area contributed by atoms with E-state index in [1.54, 1.807) is 0 Å². The van der Waals surface area contributed by atoms with Gasteiger partial charge in [-0.15, -0.1) is 0 Å². The van der Waals surface area contributed by atoms with Gasteiger partial charge in [-0.3, -0.25) is 0 Å². The van der Waals surface area contributed by atoms with Crippen LogP contribution < -0.4 is 5.32 Å². The molecule has 1 aromatic carbocycles. The summed E-state index contributed by atoms with van der Waals surface area (Å²) in [4.78, 5) is -0.0898. The Bertz CT molecular complexity index is 514. The van der Waals surface area contributed by atoms with E-state index < -0.39 is 27.5 Å². The summed E-state index contributed by atoms with van der Waals surface area (Å²) >= 11 is 0. The highest BCUT2D eigenvalue weighted by atomic mass is 32.2. The highest BCUT2D eigenvalue weighted by Gasteiger charge is 2.24. The van der Waals surface area contributed by atoms with Crippen LogP contribution >= 0.6 is 0 Å². The van der Waals surface area contributed by atoms with E-state index in [0.717, 1.165) is 18.9 Å². The third-order valence-electron chi connectivity index (χ3n) is 2.79. The van der Waals surface area contributed by atoms with Gasteiger partial charge in [-0.25, -0.2) is 12.8 Å². The van der Waals surface area contributed by atoms with Crippen molar-refractivity contribution in [2.45, 2.75) is 29.9 Å². The largest absolute Gasteiger partial charge is 0.391 e. The van der Waals surface area contributed by atoms with Crippen molar-refractivity contribution in [2.24, 2.45) is 0 Å². The van der Waals surface area contributed by atoms with Crippen molar-refractivity contribution in [3.05, 3.63) is 30.1 Å². The molecule has 0 spiro atoms. The van der Waals surface area contributed by atoms with E-state index >= 15 is 0 Å². The van der Waals surface area contributed by atoms with Crippen molar-refractivity contribution in [1.29, 1.82) is 0 Å². The Morgan fingerprint density at radius 3 is 2.78 bits per heavy atom. The van der Waals surface area contributed by atoms with Crippen LogP contribution in [0.15, 0.2) is 29.2 Å². The molecule has 1 fully saturated rings. The third kappa shape index (κ3) is 3.76. The Morgan fingerprint density at radius 2 is 2.17 bits per heavy atom. The number of aliphatic hydroxyl groups excluding tert-OH is 1. The monoisotopic (exact) mass is 273 g/mol. The lowest BCUT2D eigenvalue weighted by atomic mass is 10.3. The van der Waals surface area contributed by atoms with Crippen LogP contribution in [-0.4, -0.2) is 38.0 Å². The van der Waals surface area contributed by atoms with Gasteiger partial charge in [0.15, 0.2) is 9.84 Å². The molecule has 0 aliphatic heterocycles. The predicted octanol–water partition coefficient (Wildman–Crippen LogP) is 0.712. The number of hydrogen-bond acceptors (Lipinski definition) is 4. The van der Waals surface area contributed by atoms with Gasteiger partial charge in [0.05, 0.1) is 16.8 Å². The highest BCUT2D eigenvalue weighted by Crippen LogP contribution is 2.19. The Labute approximate surface area is 106 Å². The molecule has 0 heterocycles. The molecule has 1 unspecified atom stereocenters. The quantitative estimate of drug-likeness (QED) is 0.801. The van der Waals surface area contributed by atoms with Crippen molar-refractivity contribution in [3.8, 4) is 0 Å². The van der Waals surface area contributed by atoms with Crippen molar-refractivity contribution >= 4 is 9.84 Å². The van der Waals surface area contributed by atoms with Crippen LogP contribution in [0.2, 0.25) is 0 Å². The Kier molecular flexibility index (Phi) is 3.99. The summed E-state index contributed by atoms with van der Waals surface area (Å²) in [5, 5.41) is 12.7. The first kappa shape index (κ1) is 13.5.